The Morgan fingerprint density at radius 3 is 3.00 bits per heavy atom. The third-order valence-corrected chi connectivity index (χ3v) is 3.03. The topological polar surface area (TPSA) is 108 Å². The van der Waals surface area contributed by atoms with E-state index in [9.17, 15) is 9.59 Å². The Labute approximate surface area is 109 Å². The van der Waals surface area contributed by atoms with Crippen LogP contribution in [0.15, 0.2) is 12.4 Å². The third-order valence-electron chi connectivity index (χ3n) is 3.03. The van der Waals surface area contributed by atoms with Crippen molar-refractivity contribution in [2.24, 2.45) is 0 Å². The number of carbonyl (C=O) groups is 2. The molecule has 0 aromatic carbocycles. The average Bonchev–Trinajstić information content (AvgIpc) is 2.96. The highest BCUT2D eigenvalue weighted by Crippen LogP contribution is 2.18. The summed E-state index contributed by atoms with van der Waals surface area (Å²) in [5, 5.41) is 24.2. The van der Waals surface area contributed by atoms with Crippen LogP contribution < -0.4 is 5.32 Å². The van der Waals surface area contributed by atoms with Crippen molar-refractivity contribution < 1.29 is 19.8 Å². The minimum atomic E-state index is -0.999. The van der Waals surface area contributed by atoms with Gasteiger partial charge in [0.25, 0.3) is 0 Å². The van der Waals surface area contributed by atoms with Crippen molar-refractivity contribution in [1.29, 1.82) is 0 Å². The second-order valence-corrected chi connectivity index (χ2v) is 4.42. The molecular weight excluding hydrogens is 252 g/mol. The van der Waals surface area contributed by atoms with Crippen molar-refractivity contribution in [1.82, 2.24) is 14.7 Å². The lowest BCUT2D eigenvalue weighted by molar-refractivity contribution is -0.137. The second kappa shape index (κ2) is 5.70. The highest BCUT2D eigenvalue weighted by Gasteiger charge is 2.28. The zero-order valence-corrected chi connectivity index (χ0v) is 10.3. The average molecular weight is 268 g/mol. The summed E-state index contributed by atoms with van der Waals surface area (Å²) in [6, 6.07) is -0.444. The highest BCUT2D eigenvalue weighted by atomic mass is 16.4. The number of nitrogens with zero attached hydrogens (tertiary/aromatic N) is 3. The van der Waals surface area contributed by atoms with Gasteiger partial charge in [0.05, 0.1) is 24.5 Å². The molecule has 1 fully saturated rings. The SMILES string of the molecule is O=C(O)Cn1cc(NC(=O)N2CCCC2CO)cn1. The molecule has 0 spiro atoms. The van der Waals surface area contributed by atoms with Crippen molar-refractivity contribution in [2.45, 2.75) is 25.4 Å². The molecule has 8 nitrogen and oxygen atoms in total. The summed E-state index contributed by atoms with van der Waals surface area (Å²) in [5.41, 5.74) is 0.440. The number of aliphatic hydroxyl groups excluding tert-OH is 1. The second-order valence-electron chi connectivity index (χ2n) is 4.42. The van der Waals surface area contributed by atoms with E-state index in [4.69, 9.17) is 10.2 Å². The van der Waals surface area contributed by atoms with Gasteiger partial charge in [-0.05, 0) is 12.8 Å². The van der Waals surface area contributed by atoms with Gasteiger partial charge in [-0.15, -0.1) is 0 Å². The number of amides is 2. The number of carboxylic acids is 1. The number of likely N-dealkylation sites (tertiary alicyclic amines) is 1. The van der Waals surface area contributed by atoms with Gasteiger partial charge in [-0.25, -0.2) is 4.79 Å². The molecule has 8 heteroatoms. The largest absolute Gasteiger partial charge is 0.480 e. The Bertz CT molecular complexity index is 473. The van der Waals surface area contributed by atoms with Crippen molar-refractivity contribution in [2.75, 3.05) is 18.5 Å². The molecule has 3 N–H and O–H groups in total. The smallest absolute Gasteiger partial charge is 0.325 e. The van der Waals surface area contributed by atoms with E-state index in [1.807, 2.05) is 0 Å². The lowest BCUT2D eigenvalue weighted by Crippen LogP contribution is -2.40. The molecule has 2 amide bonds. The molecule has 19 heavy (non-hydrogen) atoms. The van der Waals surface area contributed by atoms with Gasteiger partial charge in [-0.2, -0.15) is 5.10 Å². The number of hydrogen-bond acceptors (Lipinski definition) is 4. The Morgan fingerprint density at radius 1 is 1.53 bits per heavy atom. The van der Waals surface area contributed by atoms with Crippen LogP contribution in [-0.4, -0.2) is 56.1 Å². The number of urea groups is 1. The molecule has 0 bridgehead atoms. The predicted octanol–water partition coefficient (Wildman–Crippen LogP) is -0.0437. The van der Waals surface area contributed by atoms with Gasteiger partial charge in [-0.3, -0.25) is 9.48 Å². The predicted molar refractivity (Wildman–Crippen MR) is 65.7 cm³/mol. The number of carbonyl (C=O) groups excluding carboxylic acids is 1. The molecule has 1 unspecified atom stereocenters. The fourth-order valence-electron chi connectivity index (χ4n) is 2.14. The first-order valence-electron chi connectivity index (χ1n) is 6.03. The van der Waals surface area contributed by atoms with E-state index >= 15 is 0 Å². The van der Waals surface area contributed by atoms with Gasteiger partial charge in [0.15, 0.2) is 0 Å². The fourth-order valence-corrected chi connectivity index (χ4v) is 2.14. The van der Waals surface area contributed by atoms with E-state index < -0.39 is 5.97 Å². The minimum Gasteiger partial charge on any atom is -0.480 e. The number of aromatic nitrogens is 2. The van der Waals surface area contributed by atoms with E-state index in [0.29, 0.717) is 12.2 Å². The zero-order chi connectivity index (χ0) is 13.8. The Morgan fingerprint density at radius 2 is 2.32 bits per heavy atom. The molecular formula is C11H16N4O4. The molecule has 0 aliphatic carbocycles. The van der Waals surface area contributed by atoms with Crippen LogP contribution in [0.3, 0.4) is 0 Å². The normalized spacial score (nSPS) is 18.6. The van der Waals surface area contributed by atoms with Gasteiger partial charge in [0.1, 0.15) is 6.54 Å². The summed E-state index contributed by atoms with van der Waals surface area (Å²) in [4.78, 5) is 24.1. The van der Waals surface area contributed by atoms with Crippen LogP contribution in [0.1, 0.15) is 12.8 Å². The molecule has 2 heterocycles. The molecule has 1 atom stereocenters. The molecule has 0 saturated carbocycles. The van der Waals surface area contributed by atoms with Crippen molar-refractivity contribution >= 4 is 17.7 Å². The van der Waals surface area contributed by atoms with Gasteiger partial charge < -0.3 is 20.4 Å². The maximum absolute atomic E-state index is 12.0. The molecule has 1 saturated heterocycles. The first-order valence-corrected chi connectivity index (χ1v) is 6.03. The monoisotopic (exact) mass is 268 g/mol. The number of hydrogen-bond donors (Lipinski definition) is 3. The molecule has 104 valence electrons. The standard InChI is InChI=1S/C11H16N4O4/c16-7-9-2-1-3-15(9)11(19)13-8-4-12-14(5-8)6-10(17)18/h4-5,9,16H,1-3,6-7H2,(H,13,19)(H,17,18). The highest BCUT2D eigenvalue weighted by molar-refractivity contribution is 5.89. The minimum absolute atomic E-state index is 0.0499. The van der Waals surface area contributed by atoms with Crippen LogP contribution in [0.25, 0.3) is 0 Å². The quantitative estimate of drug-likeness (QED) is 0.710. The van der Waals surface area contributed by atoms with Crippen LogP contribution in [0.4, 0.5) is 10.5 Å². The molecule has 1 aliphatic rings. The third kappa shape index (κ3) is 3.22. The maximum Gasteiger partial charge on any atom is 0.325 e. The molecule has 0 radical (unpaired) electrons. The number of nitrogens with one attached hydrogen (secondary N) is 1. The van der Waals surface area contributed by atoms with E-state index in [0.717, 1.165) is 12.8 Å². The van der Waals surface area contributed by atoms with Gasteiger partial charge >= 0.3 is 12.0 Å². The van der Waals surface area contributed by atoms with Crippen molar-refractivity contribution in [3.8, 4) is 0 Å². The van der Waals surface area contributed by atoms with Crippen LogP contribution >= 0.6 is 0 Å². The number of anilines is 1. The number of rotatable bonds is 4. The Kier molecular flexibility index (Phi) is 4.00. The Hall–Kier alpha value is -2.09. The van der Waals surface area contributed by atoms with Gasteiger partial charge in [0, 0.05) is 12.7 Å². The van der Waals surface area contributed by atoms with Crippen LogP contribution in [0.5, 0.6) is 0 Å². The van der Waals surface area contributed by atoms with Crippen LogP contribution in [0, 0.1) is 0 Å². The summed E-state index contributed by atoms with van der Waals surface area (Å²) in [5.74, 6) is -0.999. The number of carboxylic acid groups (broad SMARTS) is 1. The van der Waals surface area contributed by atoms with E-state index in [-0.39, 0.29) is 25.2 Å². The maximum atomic E-state index is 12.0. The zero-order valence-electron chi connectivity index (χ0n) is 10.3. The lowest BCUT2D eigenvalue weighted by Gasteiger charge is -2.22. The summed E-state index contributed by atoms with van der Waals surface area (Å²) in [6.07, 6.45) is 4.51. The molecule has 1 aromatic rings. The first-order chi connectivity index (χ1) is 9.10. The van der Waals surface area contributed by atoms with E-state index in [2.05, 4.69) is 10.4 Å². The first kappa shape index (κ1) is 13.3. The van der Waals surface area contributed by atoms with Crippen molar-refractivity contribution in [3.63, 3.8) is 0 Å². The molecule has 1 aliphatic heterocycles. The molecule has 2 rings (SSSR count). The lowest BCUT2D eigenvalue weighted by atomic mass is 10.2. The summed E-state index contributed by atoms with van der Waals surface area (Å²) < 4.78 is 1.23. The van der Waals surface area contributed by atoms with Crippen LogP contribution in [0.2, 0.25) is 0 Å². The number of aliphatic hydroxyl groups is 1. The summed E-state index contributed by atoms with van der Waals surface area (Å²) >= 11 is 0. The summed E-state index contributed by atoms with van der Waals surface area (Å²) in [7, 11) is 0. The molecule has 1 aromatic heterocycles. The van der Waals surface area contributed by atoms with Crippen LogP contribution in [-0.2, 0) is 11.3 Å². The number of aliphatic carboxylic acids is 1. The van der Waals surface area contributed by atoms with Crippen molar-refractivity contribution in [3.05, 3.63) is 12.4 Å². The van der Waals surface area contributed by atoms with E-state index in [1.165, 1.54) is 17.1 Å². The Balaban J connectivity index is 1.95. The summed E-state index contributed by atoms with van der Waals surface area (Å²) in [6.45, 7) is 0.310. The van der Waals surface area contributed by atoms with Gasteiger partial charge in [0.2, 0.25) is 0 Å². The van der Waals surface area contributed by atoms with E-state index in [1.54, 1.807) is 4.90 Å². The fraction of sp³-hybridized carbons (Fsp3) is 0.545. The van der Waals surface area contributed by atoms with Gasteiger partial charge in [-0.1, -0.05) is 0 Å².